The third kappa shape index (κ3) is 3.23. The second-order valence-electron chi connectivity index (χ2n) is 5.65. The van der Waals surface area contributed by atoms with Crippen LogP contribution >= 0.6 is 0 Å². The Bertz CT molecular complexity index is 743. The molecule has 0 atom stereocenters. The van der Waals surface area contributed by atoms with Crippen LogP contribution in [0.1, 0.15) is 11.1 Å². The number of halogens is 1. The van der Waals surface area contributed by atoms with Gasteiger partial charge in [-0.1, -0.05) is 29.8 Å². The fourth-order valence-electron chi connectivity index (χ4n) is 2.65. The van der Waals surface area contributed by atoms with E-state index in [1.165, 1.54) is 21.9 Å². The monoisotopic (exact) mass is 312 g/mol. The number of hydrogen-bond acceptors (Lipinski definition) is 2. The molecule has 0 N–H and O–H groups in total. The van der Waals surface area contributed by atoms with Gasteiger partial charge in [0, 0.05) is 25.3 Å². The van der Waals surface area contributed by atoms with Crippen LogP contribution in [0, 0.1) is 12.7 Å². The zero-order chi connectivity index (χ0) is 16.4. The summed E-state index contributed by atoms with van der Waals surface area (Å²) in [7, 11) is 0. The molecule has 23 heavy (non-hydrogen) atoms. The molecule has 0 saturated carbocycles. The molecule has 1 fully saturated rings. The highest BCUT2D eigenvalue weighted by molar-refractivity contribution is 6.40. The maximum Gasteiger partial charge on any atom is 0.316 e. The van der Waals surface area contributed by atoms with Crippen molar-refractivity contribution in [1.82, 2.24) is 4.90 Å². The van der Waals surface area contributed by atoms with Crippen molar-refractivity contribution in [2.24, 2.45) is 0 Å². The maximum atomic E-state index is 13.2. The fraction of sp³-hybridized carbons (Fsp3) is 0.222. The van der Waals surface area contributed by atoms with Gasteiger partial charge in [0.25, 0.3) is 0 Å². The zero-order valence-electron chi connectivity index (χ0n) is 12.8. The van der Waals surface area contributed by atoms with Gasteiger partial charge >= 0.3 is 11.8 Å². The van der Waals surface area contributed by atoms with E-state index in [9.17, 15) is 14.0 Å². The summed E-state index contributed by atoms with van der Waals surface area (Å²) in [6.45, 7) is 3.07. The number of anilines is 1. The van der Waals surface area contributed by atoms with Crippen molar-refractivity contribution in [3.05, 3.63) is 65.5 Å². The Morgan fingerprint density at radius 2 is 1.74 bits per heavy atom. The summed E-state index contributed by atoms with van der Waals surface area (Å²) in [5, 5.41) is 0. The molecular formula is C18H17FN2O2. The van der Waals surface area contributed by atoms with Gasteiger partial charge in [0.1, 0.15) is 5.82 Å². The van der Waals surface area contributed by atoms with Crippen molar-refractivity contribution < 1.29 is 14.0 Å². The summed E-state index contributed by atoms with van der Waals surface area (Å²) < 4.78 is 13.2. The molecule has 0 radical (unpaired) electrons. The zero-order valence-corrected chi connectivity index (χ0v) is 12.8. The molecule has 0 aromatic heterocycles. The van der Waals surface area contributed by atoms with Crippen LogP contribution in [-0.2, 0) is 16.1 Å². The Balaban J connectivity index is 1.73. The first-order valence-electron chi connectivity index (χ1n) is 7.46. The maximum absolute atomic E-state index is 13.2. The summed E-state index contributed by atoms with van der Waals surface area (Å²) in [6.07, 6.45) is 0. The molecule has 1 saturated heterocycles. The van der Waals surface area contributed by atoms with E-state index in [0.717, 1.165) is 11.3 Å². The first kappa shape index (κ1) is 15.2. The molecule has 1 aliphatic rings. The molecule has 2 amide bonds. The van der Waals surface area contributed by atoms with Crippen LogP contribution in [0.15, 0.2) is 48.5 Å². The molecule has 1 heterocycles. The average molecular weight is 312 g/mol. The van der Waals surface area contributed by atoms with Crippen LogP contribution in [0.5, 0.6) is 0 Å². The van der Waals surface area contributed by atoms with Crippen molar-refractivity contribution in [3.8, 4) is 0 Å². The van der Waals surface area contributed by atoms with E-state index >= 15 is 0 Å². The molecule has 1 aliphatic heterocycles. The van der Waals surface area contributed by atoms with Gasteiger partial charge in [0.05, 0.1) is 0 Å². The molecule has 0 bridgehead atoms. The number of piperazine rings is 1. The Labute approximate surface area is 134 Å². The summed E-state index contributed by atoms with van der Waals surface area (Å²) in [5.41, 5.74) is 2.49. The lowest BCUT2D eigenvalue weighted by Gasteiger charge is -2.33. The Hall–Kier alpha value is -2.69. The minimum atomic E-state index is -0.555. The number of aryl methyl sites for hydroxylation is 1. The lowest BCUT2D eigenvalue weighted by molar-refractivity contribution is -0.146. The van der Waals surface area contributed by atoms with Gasteiger partial charge in [-0.3, -0.25) is 9.59 Å². The standard InChI is InChI=1S/C18H17FN2O2/c1-13-5-7-16(8-6-13)21-10-9-20(17(22)18(21)23)12-14-3-2-4-15(19)11-14/h2-8,11H,9-10,12H2,1H3. The number of nitrogens with zero attached hydrogens (tertiary/aromatic N) is 2. The Morgan fingerprint density at radius 1 is 1.00 bits per heavy atom. The Morgan fingerprint density at radius 3 is 2.43 bits per heavy atom. The molecule has 0 spiro atoms. The van der Waals surface area contributed by atoms with Gasteiger partial charge < -0.3 is 9.80 Å². The molecule has 4 nitrogen and oxygen atoms in total. The highest BCUT2D eigenvalue weighted by Gasteiger charge is 2.33. The summed E-state index contributed by atoms with van der Waals surface area (Å²) in [6, 6.07) is 13.6. The van der Waals surface area contributed by atoms with Crippen molar-refractivity contribution in [2.45, 2.75) is 13.5 Å². The highest BCUT2D eigenvalue weighted by Crippen LogP contribution is 2.19. The number of benzene rings is 2. The molecule has 0 aliphatic carbocycles. The summed E-state index contributed by atoms with van der Waals surface area (Å²) in [4.78, 5) is 27.6. The smallest absolute Gasteiger partial charge is 0.316 e. The van der Waals surface area contributed by atoms with Crippen LogP contribution in [0.4, 0.5) is 10.1 Å². The predicted molar refractivity (Wildman–Crippen MR) is 85.3 cm³/mol. The van der Waals surface area contributed by atoms with Crippen LogP contribution in [0.2, 0.25) is 0 Å². The van der Waals surface area contributed by atoms with Gasteiger partial charge in [-0.25, -0.2) is 4.39 Å². The van der Waals surface area contributed by atoms with Gasteiger partial charge in [0.2, 0.25) is 0 Å². The van der Waals surface area contributed by atoms with E-state index in [-0.39, 0.29) is 12.4 Å². The highest BCUT2D eigenvalue weighted by atomic mass is 19.1. The molecule has 3 rings (SSSR count). The quantitative estimate of drug-likeness (QED) is 0.817. The summed E-state index contributed by atoms with van der Waals surface area (Å²) in [5.74, 6) is -1.45. The molecule has 2 aromatic rings. The predicted octanol–water partition coefficient (Wildman–Crippen LogP) is 2.51. The van der Waals surface area contributed by atoms with Crippen LogP contribution in [0.25, 0.3) is 0 Å². The molecule has 2 aromatic carbocycles. The number of hydrogen-bond donors (Lipinski definition) is 0. The lowest BCUT2D eigenvalue weighted by atomic mass is 10.1. The van der Waals surface area contributed by atoms with Gasteiger partial charge in [0.15, 0.2) is 0 Å². The third-order valence-electron chi connectivity index (χ3n) is 3.92. The third-order valence-corrected chi connectivity index (χ3v) is 3.92. The minimum absolute atomic E-state index is 0.240. The molecule has 5 heteroatoms. The molecule has 118 valence electrons. The largest absolute Gasteiger partial charge is 0.328 e. The number of carbonyl (C=O) groups is 2. The average Bonchev–Trinajstić information content (AvgIpc) is 2.53. The van der Waals surface area contributed by atoms with E-state index in [4.69, 9.17) is 0 Å². The van der Waals surface area contributed by atoms with Crippen LogP contribution in [0.3, 0.4) is 0 Å². The summed E-state index contributed by atoms with van der Waals surface area (Å²) >= 11 is 0. The molecule has 0 unspecified atom stereocenters. The molecular weight excluding hydrogens is 295 g/mol. The number of rotatable bonds is 3. The topological polar surface area (TPSA) is 40.6 Å². The van der Waals surface area contributed by atoms with Gasteiger partial charge in [-0.15, -0.1) is 0 Å². The van der Waals surface area contributed by atoms with E-state index in [1.54, 1.807) is 12.1 Å². The second kappa shape index (κ2) is 6.20. The van der Waals surface area contributed by atoms with Gasteiger partial charge in [-0.2, -0.15) is 0 Å². The first-order valence-corrected chi connectivity index (χ1v) is 7.46. The van der Waals surface area contributed by atoms with E-state index < -0.39 is 11.8 Å². The van der Waals surface area contributed by atoms with Crippen LogP contribution < -0.4 is 4.90 Å². The minimum Gasteiger partial charge on any atom is -0.328 e. The second-order valence-corrected chi connectivity index (χ2v) is 5.65. The van der Waals surface area contributed by atoms with Crippen molar-refractivity contribution in [1.29, 1.82) is 0 Å². The van der Waals surface area contributed by atoms with Gasteiger partial charge in [-0.05, 0) is 36.8 Å². The van der Waals surface area contributed by atoms with E-state index in [2.05, 4.69) is 0 Å². The number of carbonyl (C=O) groups excluding carboxylic acids is 2. The SMILES string of the molecule is Cc1ccc(N2CCN(Cc3cccc(F)c3)C(=O)C2=O)cc1. The van der Waals surface area contributed by atoms with E-state index in [0.29, 0.717) is 18.7 Å². The fourth-order valence-corrected chi connectivity index (χ4v) is 2.65. The van der Waals surface area contributed by atoms with Crippen molar-refractivity contribution in [3.63, 3.8) is 0 Å². The van der Waals surface area contributed by atoms with E-state index in [1.807, 2.05) is 31.2 Å². The lowest BCUT2D eigenvalue weighted by Crippen LogP contribution is -2.54. The van der Waals surface area contributed by atoms with Crippen molar-refractivity contribution in [2.75, 3.05) is 18.0 Å². The normalized spacial score (nSPS) is 15.2. The first-order chi connectivity index (χ1) is 11.0. The van der Waals surface area contributed by atoms with Crippen molar-refractivity contribution >= 4 is 17.5 Å². The van der Waals surface area contributed by atoms with Crippen LogP contribution in [-0.4, -0.2) is 29.8 Å². The Kier molecular flexibility index (Phi) is 4.10. The number of amides is 2.